The Morgan fingerprint density at radius 2 is 1.56 bits per heavy atom. The van der Waals surface area contributed by atoms with Gasteiger partial charge in [-0.25, -0.2) is 0 Å². The Labute approximate surface area is 288 Å². The molecule has 0 aliphatic carbocycles. The van der Waals surface area contributed by atoms with E-state index in [-0.39, 0.29) is 34.2 Å². The lowest BCUT2D eigenvalue weighted by atomic mass is 9.94. The zero-order valence-corrected chi connectivity index (χ0v) is 28.2. The number of hydrogen-bond acceptors (Lipinski definition) is 9. The molecule has 1 aliphatic rings. The lowest BCUT2D eigenvalue weighted by Crippen LogP contribution is -2.41. The molecule has 0 spiro atoms. The number of H-pyrrole nitrogens is 1. The number of pyridine rings is 1. The van der Waals surface area contributed by atoms with Crippen LogP contribution in [0.15, 0.2) is 71.5 Å². The molecular formula is C37H39N7O6. The number of nitro benzene ring substituents is 1. The highest BCUT2D eigenvalue weighted by Gasteiger charge is 2.32. The van der Waals surface area contributed by atoms with Crippen LogP contribution < -0.4 is 16.1 Å². The van der Waals surface area contributed by atoms with E-state index in [0.29, 0.717) is 90.9 Å². The third-order valence-corrected chi connectivity index (χ3v) is 9.05. The zero-order chi connectivity index (χ0) is 35.5. The summed E-state index contributed by atoms with van der Waals surface area (Å²) in [5, 5.41) is 19.7. The summed E-state index contributed by atoms with van der Waals surface area (Å²) >= 11 is 0. The predicted molar refractivity (Wildman–Crippen MR) is 194 cm³/mol. The van der Waals surface area contributed by atoms with Gasteiger partial charge in [0.05, 0.1) is 32.3 Å². The summed E-state index contributed by atoms with van der Waals surface area (Å²) in [4.78, 5) is 72.9. The van der Waals surface area contributed by atoms with Crippen molar-refractivity contribution in [2.75, 3.05) is 65.7 Å². The minimum absolute atomic E-state index is 0.158. The monoisotopic (exact) mass is 677 g/mol. The van der Waals surface area contributed by atoms with Gasteiger partial charge in [-0.2, -0.15) is 0 Å². The van der Waals surface area contributed by atoms with E-state index >= 15 is 0 Å². The molecular weight excluding hydrogens is 638 g/mol. The van der Waals surface area contributed by atoms with E-state index in [9.17, 15) is 29.3 Å². The first-order valence-electron chi connectivity index (χ1n) is 16.6. The van der Waals surface area contributed by atoms with Crippen molar-refractivity contribution in [3.63, 3.8) is 0 Å². The number of carbonyl (C=O) groups excluding carboxylic acids is 3. The summed E-state index contributed by atoms with van der Waals surface area (Å²) < 4.78 is 0. The van der Waals surface area contributed by atoms with Gasteiger partial charge >= 0.3 is 0 Å². The average Bonchev–Trinajstić information content (AvgIpc) is 3.10. The van der Waals surface area contributed by atoms with E-state index in [1.54, 1.807) is 24.3 Å². The third kappa shape index (κ3) is 6.78. The fourth-order valence-corrected chi connectivity index (χ4v) is 6.47. The fraction of sp³-hybridized carbons (Fsp3) is 0.297. The maximum Gasteiger partial charge on any atom is 0.270 e. The summed E-state index contributed by atoms with van der Waals surface area (Å²) in [6.07, 6.45) is 1.31. The first-order valence-corrected chi connectivity index (χ1v) is 16.6. The third-order valence-electron chi connectivity index (χ3n) is 9.05. The smallest absolute Gasteiger partial charge is 0.270 e. The molecule has 3 amide bonds. The second kappa shape index (κ2) is 14.4. The Morgan fingerprint density at radius 1 is 0.860 bits per heavy atom. The molecule has 0 fully saturated rings. The Bertz CT molecular complexity index is 2160. The number of rotatable bonds is 14. The molecule has 0 saturated heterocycles. The SMILES string of the molecule is CN(C)CCNC(=O)c1ccc(NCCCN(C)CCCN2C(=O)c3cccc4cccc(c34)C2=O)c2c(=O)c3cc([N+](=O)[O-])ccc3[nH]c12. The van der Waals surface area contributed by atoms with Crippen LogP contribution >= 0.6 is 0 Å². The van der Waals surface area contributed by atoms with Crippen molar-refractivity contribution in [3.8, 4) is 0 Å². The van der Waals surface area contributed by atoms with Gasteiger partial charge in [0.1, 0.15) is 0 Å². The molecule has 3 N–H and O–H groups in total. The van der Waals surface area contributed by atoms with Crippen LogP contribution in [0.4, 0.5) is 11.4 Å². The number of likely N-dealkylation sites (N-methyl/N-ethyl adjacent to an activating group) is 1. The molecule has 0 saturated carbocycles. The number of imide groups is 1. The molecule has 1 aliphatic heterocycles. The van der Waals surface area contributed by atoms with Gasteiger partial charge in [-0.3, -0.25) is 34.2 Å². The molecule has 50 heavy (non-hydrogen) atoms. The molecule has 258 valence electrons. The van der Waals surface area contributed by atoms with Gasteiger partial charge in [0.15, 0.2) is 5.43 Å². The van der Waals surface area contributed by atoms with E-state index in [4.69, 9.17) is 0 Å². The molecule has 6 rings (SSSR count). The second-order valence-electron chi connectivity index (χ2n) is 12.8. The van der Waals surface area contributed by atoms with Gasteiger partial charge in [0.2, 0.25) is 0 Å². The van der Waals surface area contributed by atoms with Crippen molar-refractivity contribution in [3.05, 3.63) is 104 Å². The first kappa shape index (κ1) is 34.2. The molecule has 13 nitrogen and oxygen atoms in total. The largest absolute Gasteiger partial charge is 0.384 e. The molecule has 4 aromatic carbocycles. The number of fused-ring (bicyclic) bond motifs is 2. The fourth-order valence-electron chi connectivity index (χ4n) is 6.47. The van der Waals surface area contributed by atoms with E-state index in [1.165, 1.54) is 23.1 Å². The Balaban J connectivity index is 1.11. The van der Waals surface area contributed by atoms with Gasteiger partial charge in [0, 0.05) is 60.5 Å². The van der Waals surface area contributed by atoms with Crippen molar-refractivity contribution in [1.29, 1.82) is 0 Å². The zero-order valence-electron chi connectivity index (χ0n) is 28.2. The van der Waals surface area contributed by atoms with Crippen molar-refractivity contribution in [2.24, 2.45) is 0 Å². The van der Waals surface area contributed by atoms with Gasteiger partial charge in [-0.05, 0) is 82.8 Å². The van der Waals surface area contributed by atoms with Crippen molar-refractivity contribution < 1.29 is 19.3 Å². The quantitative estimate of drug-likeness (QED) is 0.0507. The number of carbonyl (C=O) groups is 3. The second-order valence-corrected chi connectivity index (χ2v) is 12.8. The highest BCUT2D eigenvalue weighted by Crippen LogP contribution is 2.30. The number of anilines is 1. The van der Waals surface area contributed by atoms with Crippen LogP contribution in [0.5, 0.6) is 0 Å². The minimum atomic E-state index is -0.547. The minimum Gasteiger partial charge on any atom is -0.384 e. The number of nitrogens with zero attached hydrogens (tertiary/aromatic N) is 4. The van der Waals surface area contributed by atoms with Crippen LogP contribution in [0.1, 0.15) is 43.9 Å². The van der Waals surface area contributed by atoms with E-state index < -0.39 is 10.4 Å². The highest BCUT2D eigenvalue weighted by molar-refractivity contribution is 6.25. The topological polar surface area (TPSA) is 161 Å². The summed E-state index contributed by atoms with van der Waals surface area (Å²) in [6, 6.07) is 18.4. The summed E-state index contributed by atoms with van der Waals surface area (Å²) in [5.41, 5.74) is 2.03. The Hall–Kier alpha value is -5.66. The van der Waals surface area contributed by atoms with Crippen molar-refractivity contribution in [1.82, 2.24) is 25.0 Å². The van der Waals surface area contributed by atoms with Crippen LogP contribution in [-0.4, -0.2) is 103 Å². The molecule has 0 unspecified atom stereocenters. The van der Waals surface area contributed by atoms with E-state index in [0.717, 1.165) is 5.39 Å². The lowest BCUT2D eigenvalue weighted by molar-refractivity contribution is -0.384. The van der Waals surface area contributed by atoms with Gasteiger partial charge in [-0.1, -0.05) is 24.3 Å². The summed E-state index contributed by atoms with van der Waals surface area (Å²) in [5.74, 6) is -0.878. The molecule has 0 bridgehead atoms. The van der Waals surface area contributed by atoms with Crippen molar-refractivity contribution >= 4 is 61.7 Å². The van der Waals surface area contributed by atoms with Gasteiger partial charge in [-0.15, -0.1) is 0 Å². The average molecular weight is 678 g/mol. The molecule has 5 aromatic rings. The van der Waals surface area contributed by atoms with Crippen LogP contribution in [0.2, 0.25) is 0 Å². The van der Waals surface area contributed by atoms with Crippen LogP contribution in [0.3, 0.4) is 0 Å². The van der Waals surface area contributed by atoms with E-state index in [1.807, 2.05) is 50.3 Å². The lowest BCUT2D eigenvalue weighted by Gasteiger charge is -2.28. The van der Waals surface area contributed by atoms with Gasteiger partial charge in [0.25, 0.3) is 23.4 Å². The number of hydrogen-bond donors (Lipinski definition) is 3. The van der Waals surface area contributed by atoms with Gasteiger partial charge < -0.3 is 25.4 Å². The van der Waals surface area contributed by atoms with Crippen LogP contribution in [0.25, 0.3) is 32.6 Å². The number of benzene rings is 4. The van der Waals surface area contributed by atoms with Crippen LogP contribution in [-0.2, 0) is 0 Å². The predicted octanol–water partition coefficient (Wildman–Crippen LogP) is 4.45. The first-order chi connectivity index (χ1) is 24.0. The highest BCUT2D eigenvalue weighted by atomic mass is 16.6. The van der Waals surface area contributed by atoms with E-state index in [2.05, 4.69) is 20.5 Å². The maximum absolute atomic E-state index is 13.8. The van der Waals surface area contributed by atoms with Crippen molar-refractivity contribution in [2.45, 2.75) is 12.8 Å². The number of non-ortho nitro benzene ring substituents is 1. The maximum atomic E-state index is 13.8. The standard InChI is InChI=1S/C37H39N7O6/c1-41(2)21-17-39-35(46)27-13-15-30(32-33(27)40-29-14-12-24(44(49)50)22-28(29)34(32)45)38-16-6-18-42(3)19-7-20-43-36(47)25-10-4-8-23-9-5-11-26(31(23)25)37(43)48/h4-5,8-15,22,38H,6-7,16-21H2,1-3H3,(H,39,46)(H,40,45). The molecule has 0 radical (unpaired) electrons. The number of nitrogens with one attached hydrogen (secondary N) is 3. The normalized spacial score (nSPS) is 12.9. The Morgan fingerprint density at radius 3 is 2.24 bits per heavy atom. The molecule has 13 heteroatoms. The number of amides is 3. The molecule has 0 atom stereocenters. The Kier molecular flexibility index (Phi) is 9.88. The molecule has 1 aromatic heterocycles. The van der Waals surface area contributed by atoms with Crippen LogP contribution in [0, 0.1) is 10.1 Å². The number of aromatic amines is 1. The molecule has 2 heterocycles. The number of aromatic nitrogens is 1. The summed E-state index contributed by atoms with van der Waals surface area (Å²) in [6.45, 7) is 3.23. The number of nitro groups is 1. The summed E-state index contributed by atoms with van der Waals surface area (Å²) in [7, 11) is 5.78.